The molecule has 0 aliphatic carbocycles. The summed E-state index contributed by atoms with van der Waals surface area (Å²) in [7, 11) is 0. The molecule has 3 rings (SSSR count). The second kappa shape index (κ2) is 5.33. The van der Waals surface area contributed by atoms with Crippen molar-refractivity contribution in [1.29, 1.82) is 0 Å². The summed E-state index contributed by atoms with van der Waals surface area (Å²) in [5, 5.41) is 4.95. The van der Waals surface area contributed by atoms with Gasteiger partial charge in [-0.1, -0.05) is 30.3 Å². The molecular weight excluding hydrogens is 260 g/mol. The second-order valence-electron chi connectivity index (χ2n) is 3.65. The Morgan fingerprint density at radius 3 is 2.67 bits per heavy atom. The van der Waals surface area contributed by atoms with Crippen molar-refractivity contribution in [2.75, 3.05) is 0 Å². The molecule has 2 aromatic heterocycles. The van der Waals surface area contributed by atoms with Crippen molar-refractivity contribution in [1.82, 2.24) is 9.97 Å². The van der Waals surface area contributed by atoms with Crippen LogP contribution in [-0.4, -0.2) is 9.97 Å². The van der Waals surface area contributed by atoms with E-state index in [1.165, 1.54) is 4.90 Å². The van der Waals surface area contributed by atoms with E-state index in [0.29, 0.717) is 0 Å². The molecule has 0 aliphatic rings. The van der Waals surface area contributed by atoms with Crippen LogP contribution in [0.3, 0.4) is 0 Å². The van der Waals surface area contributed by atoms with Gasteiger partial charge in [0.25, 0.3) is 0 Å². The number of hydrogen-bond acceptors (Lipinski definition) is 4. The Labute approximate surface area is 114 Å². The molecular formula is C14H10N2S2. The van der Waals surface area contributed by atoms with E-state index < -0.39 is 0 Å². The predicted molar refractivity (Wildman–Crippen MR) is 75.9 cm³/mol. The number of rotatable bonds is 3. The fourth-order valence-electron chi connectivity index (χ4n) is 1.58. The molecule has 0 N–H and O–H groups in total. The minimum atomic E-state index is 0.787. The number of nitrogens with zero attached hydrogens (tertiary/aromatic N) is 2. The number of aromatic nitrogens is 2. The van der Waals surface area contributed by atoms with Gasteiger partial charge in [-0.2, -0.15) is 11.3 Å². The maximum atomic E-state index is 4.57. The van der Waals surface area contributed by atoms with Crippen LogP contribution in [0, 0.1) is 0 Å². The van der Waals surface area contributed by atoms with E-state index in [4.69, 9.17) is 0 Å². The van der Waals surface area contributed by atoms with Gasteiger partial charge in [0.2, 0.25) is 0 Å². The highest BCUT2D eigenvalue weighted by atomic mass is 32.2. The molecule has 2 heterocycles. The fourth-order valence-corrected chi connectivity index (χ4v) is 3.14. The van der Waals surface area contributed by atoms with Crippen molar-refractivity contribution in [2.24, 2.45) is 0 Å². The summed E-state index contributed by atoms with van der Waals surface area (Å²) in [4.78, 5) is 10.1. The SMILES string of the molecule is c1ccc(-c2ccnc(Sc3ccsc3)n2)cc1. The van der Waals surface area contributed by atoms with Crippen LogP contribution in [0.15, 0.2) is 69.5 Å². The van der Waals surface area contributed by atoms with Gasteiger partial charge in [0.15, 0.2) is 5.16 Å². The quantitative estimate of drug-likeness (QED) is 0.661. The Hall–Kier alpha value is -1.65. The van der Waals surface area contributed by atoms with Gasteiger partial charge in [-0.15, -0.1) is 0 Å². The molecule has 0 atom stereocenters. The van der Waals surface area contributed by atoms with Crippen molar-refractivity contribution in [3.63, 3.8) is 0 Å². The molecule has 0 spiro atoms. The number of thiophene rings is 1. The molecule has 18 heavy (non-hydrogen) atoms. The second-order valence-corrected chi connectivity index (χ2v) is 5.47. The van der Waals surface area contributed by atoms with Gasteiger partial charge in [0.05, 0.1) is 5.69 Å². The van der Waals surface area contributed by atoms with E-state index in [9.17, 15) is 0 Å². The van der Waals surface area contributed by atoms with Crippen LogP contribution in [0.25, 0.3) is 11.3 Å². The first-order chi connectivity index (χ1) is 8.92. The lowest BCUT2D eigenvalue weighted by atomic mass is 10.1. The summed E-state index contributed by atoms with van der Waals surface area (Å²) >= 11 is 3.27. The number of hydrogen-bond donors (Lipinski definition) is 0. The van der Waals surface area contributed by atoms with E-state index in [0.717, 1.165) is 16.4 Å². The molecule has 4 heteroatoms. The van der Waals surface area contributed by atoms with E-state index >= 15 is 0 Å². The molecule has 0 unspecified atom stereocenters. The van der Waals surface area contributed by atoms with Crippen LogP contribution < -0.4 is 0 Å². The third-order valence-corrected chi connectivity index (χ3v) is 4.11. The summed E-state index contributed by atoms with van der Waals surface area (Å²) in [6.45, 7) is 0. The van der Waals surface area contributed by atoms with Crippen LogP contribution in [0.1, 0.15) is 0 Å². The third-order valence-electron chi connectivity index (χ3n) is 2.41. The van der Waals surface area contributed by atoms with E-state index in [2.05, 4.69) is 38.9 Å². The fraction of sp³-hybridized carbons (Fsp3) is 0. The highest BCUT2D eigenvalue weighted by molar-refractivity contribution is 7.99. The monoisotopic (exact) mass is 270 g/mol. The first-order valence-corrected chi connectivity index (χ1v) is 7.26. The molecule has 0 saturated heterocycles. The summed E-state index contributed by atoms with van der Waals surface area (Å²) in [6, 6.07) is 14.2. The molecule has 88 valence electrons. The van der Waals surface area contributed by atoms with E-state index in [1.807, 2.05) is 30.5 Å². The largest absolute Gasteiger partial charge is 0.231 e. The molecule has 2 nitrogen and oxygen atoms in total. The van der Waals surface area contributed by atoms with Crippen molar-refractivity contribution in [3.8, 4) is 11.3 Å². The van der Waals surface area contributed by atoms with Crippen molar-refractivity contribution >= 4 is 23.1 Å². The van der Waals surface area contributed by atoms with E-state index in [1.54, 1.807) is 23.1 Å². The van der Waals surface area contributed by atoms with Crippen molar-refractivity contribution in [2.45, 2.75) is 10.1 Å². The molecule has 0 bridgehead atoms. The van der Waals surface area contributed by atoms with E-state index in [-0.39, 0.29) is 0 Å². The molecule has 0 aliphatic heterocycles. The van der Waals surface area contributed by atoms with Gasteiger partial charge in [-0.25, -0.2) is 9.97 Å². The summed E-state index contributed by atoms with van der Waals surface area (Å²) in [5.74, 6) is 0. The molecule has 1 aromatic carbocycles. The first kappa shape index (κ1) is 11.4. The predicted octanol–water partition coefficient (Wildman–Crippen LogP) is 4.36. The average Bonchev–Trinajstić information content (AvgIpc) is 2.93. The maximum absolute atomic E-state index is 4.57. The standard InChI is InChI=1S/C14H10N2S2/c1-2-4-11(5-3-1)13-6-8-15-14(16-13)18-12-7-9-17-10-12/h1-10H. The minimum Gasteiger partial charge on any atom is -0.231 e. The van der Waals surface area contributed by atoms with Gasteiger partial charge in [-0.05, 0) is 29.3 Å². The lowest BCUT2D eigenvalue weighted by Gasteiger charge is -2.02. The van der Waals surface area contributed by atoms with Crippen LogP contribution >= 0.6 is 23.1 Å². The zero-order valence-electron chi connectivity index (χ0n) is 9.48. The normalized spacial score (nSPS) is 10.4. The molecule has 0 saturated carbocycles. The van der Waals surface area contributed by atoms with Gasteiger partial charge in [0.1, 0.15) is 0 Å². The Morgan fingerprint density at radius 1 is 1.00 bits per heavy atom. The van der Waals surface area contributed by atoms with Gasteiger partial charge in [0, 0.05) is 22.0 Å². The molecule has 0 amide bonds. The molecule has 3 aromatic rings. The molecule has 0 radical (unpaired) electrons. The Balaban J connectivity index is 1.90. The number of benzene rings is 1. The van der Waals surface area contributed by atoms with Crippen molar-refractivity contribution < 1.29 is 0 Å². The summed E-state index contributed by atoms with van der Waals surface area (Å²) in [6.07, 6.45) is 1.81. The highest BCUT2D eigenvalue weighted by Crippen LogP contribution is 2.27. The molecule has 0 fully saturated rings. The Morgan fingerprint density at radius 2 is 1.89 bits per heavy atom. The Kier molecular flexibility index (Phi) is 3.39. The van der Waals surface area contributed by atoms with Crippen molar-refractivity contribution in [3.05, 3.63) is 59.4 Å². The smallest absolute Gasteiger partial charge is 0.192 e. The van der Waals surface area contributed by atoms with Gasteiger partial charge < -0.3 is 0 Å². The van der Waals surface area contributed by atoms with Crippen LogP contribution in [0.2, 0.25) is 0 Å². The topological polar surface area (TPSA) is 25.8 Å². The summed E-state index contributed by atoms with van der Waals surface area (Å²) < 4.78 is 0. The average molecular weight is 270 g/mol. The highest BCUT2D eigenvalue weighted by Gasteiger charge is 2.03. The lowest BCUT2D eigenvalue weighted by molar-refractivity contribution is 0.973. The summed E-state index contributed by atoms with van der Waals surface area (Å²) in [5.41, 5.74) is 2.08. The van der Waals surface area contributed by atoms with Gasteiger partial charge >= 0.3 is 0 Å². The van der Waals surface area contributed by atoms with Crippen LogP contribution in [0.5, 0.6) is 0 Å². The lowest BCUT2D eigenvalue weighted by Crippen LogP contribution is -1.88. The minimum absolute atomic E-state index is 0.787. The maximum Gasteiger partial charge on any atom is 0.192 e. The zero-order valence-corrected chi connectivity index (χ0v) is 11.1. The zero-order chi connectivity index (χ0) is 12.2. The van der Waals surface area contributed by atoms with Gasteiger partial charge in [-0.3, -0.25) is 0 Å². The van der Waals surface area contributed by atoms with Crippen LogP contribution in [0.4, 0.5) is 0 Å². The van der Waals surface area contributed by atoms with Crippen LogP contribution in [-0.2, 0) is 0 Å². The first-order valence-electron chi connectivity index (χ1n) is 5.50. The Bertz CT molecular complexity index is 621. The third kappa shape index (κ3) is 2.60.